The van der Waals surface area contributed by atoms with Gasteiger partial charge in [-0.15, -0.1) is 0 Å². The van der Waals surface area contributed by atoms with E-state index in [1.54, 1.807) is 0 Å². The first-order valence-corrected chi connectivity index (χ1v) is 3.80. The molecule has 10 heavy (non-hydrogen) atoms. The van der Waals surface area contributed by atoms with E-state index in [0.29, 0.717) is 0 Å². The van der Waals surface area contributed by atoms with Crippen molar-refractivity contribution in [1.29, 1.82) is 5.26 Å². The molecule has 0 aliphatic heterocycles. The van der Waals surface area contributed by atoms with Crippen LogP contribution >= 0.6 is 0 Å². The van der Waals surface area contributed by atoms with Gasteiger partial charge in [-0.1, -0.05) is 19.1 Å². The molecule has 1 aliphatic rings. The van der Waals surface area contributed by atoms with Gasteiger partial charge in [0.05, 0.1) is 11.5 Å². The molecule has 0 aromatic rings. The molecular weight excluding hydrogens is 122 g/mol. The van der Waals surface area contributed by atoms with Gasteiger partial charge >= 0.3 is 0 Å². The van der Waals surface area contributed by atoms with Crippen molar-refractivity contribution in [1.82, 2.24) is 0 Å². The lowest BCUT2D eigenvalue weighted by molar-refractivity contribution is 0.647. The zero-order valence-electron chi connectivity index (χ0n) is 6.48. The Morgan fingerprint density at radius 3 is 2.60 bits per heavy atom. The van der Waals surface area contributed by atoms with Crippen molar-refractivity contribution in [3.63, 3.8) is 0 Å². The first-order chi connectivity index (χ1) is 4.72. The van der Waals surface area contributed by atoms with Crippen molar-refractivity contribution in [2.24, 2.45) is 5.41 Å². The Bertz CT molecular complexity index is 181. The fraction of sp³-hybridized carbons (Fsp3) is 0.667. The van der Waals surface area contributed by atoms with Crippen molar-refractivity contribution < 1.29 is 0 Å². The minimum Gasteiger partial charge on any atom is -0.198 e. The average Bonchev–Trinajstić information content (AvgIpc) is 2.70. The van der Waals surface area contributed by atoms with Crippen LogP contribution in [0.5, 0.6) is 0 Å². The highest BCUT2D eigenvalue weighted by atomic mass is 14.5. The smallest absolute Gasteiger partial charge is 0.0693 e. The van der Waals surface area contributed by atoms with Crippen LogP contribution in [0.1, 0.15) is 32.6 Å². The molecule has 1 saturated carbocycles. The van der Waals surface area contributed by atoms with E-state index in [0.717, 1.165) is 25.7 Å². The van der Waals surface area contributed by atoms with Gasteiger partial charge < -0.3 is 0 Å². The quantitative estimate of drug-likeness (QED) is 0.546. The van der Waals surface area contributed by atoms with Gasteiger partial charge in [0, 0.05) is 0 Å². The number of nitrogens with zero attached hydrogens (tertiary/aromatic N) is 1. The number of nitriles is 1. The van der Waals surface area contributed by atoms with Gasteiger partial charge in [-0.2, -0.15) is 5.26 Å². The third-order valence-electron chi connectivity index (χ3n) is 2.18. The van der Waals surface area contributed by atoms with E-state index in [1.165, 1.54) is 5.57 Å². The van der Waals surface area contributed by atoms with Crippen LogP contribution in [0.4, 0.5) is 0 Å². The van der Waals surface area contributed by atoms with Crippen LogP contribution in [0.25, 0.3) is 0 Å². The van der Waals surface area contributed by atoms with E-state index in [4.69, 9.17) is 5.26 Å². The second kappa shape index (κ2) is 2.46. The molecule has 0 radical (unpaired) electrons. The van der Waals surface area contributed by atoms with E-state index >= 15 is 0 Å². The topological polar surface area (TPSA) is 23.8 Å². The molecule has 0 saturated heterocycles. The third-order valence-corrected chi connectivity index (χ3v) is 2.18. The van der Waals surface area contributed by atoms with Gasteiger partial charge in [0.15, 0.2) is 0 Å². The minimum absolute atomic E-state index is 0.0209. The summed E-state index contributed by atoms with van der Waals surface area (Å²) in [7, 11) is 0. The van der Waals surface area contributed by atoms with Gasteiger partial charge in [0.2, 0.25) is 0 Å². The molecule has 54 valence electrons. The normalized spacial score (nSPS) is 19.6. The zero-order valence-corrected chi connectivity index (χ0v) is 6.48. The van der Waals surface area contributed by atoms with Crippen molar-refractivity contribution in [2.75, 3.05) is 0 Å². The second-order valence-electron chi connectivity index (χ2n) is 3.17. The number of hydrogen-bond donors (Lipinski definition) is 0. The molecule has 1 aliphatic carbocycles. The van der Waals surface area contributed by atoms with Crippen molar-refractivity contribution in [3.05, 3.63) is 12.2 Å². The summed E-state index contributed by atoms with van der Waals surface area (Å²) in [4.78, 5) is 0. The van der Waals surface area contributed by atoms with Gasteiger partial charge in [-0.3, -0.25) is 0 Å². The molecule has 0 atom stereocenters. The van der Waals surface area contributed by atoms with Crippen LogP contribution in [0.15, 0.2) is 12.2 Å². The Balaban J connectivity index is 2.40. The monoisotopic (exact) mass is 135 g/mol. The van der Waals surface area contributed by atoms with Gasteiger partial charge in [0.25, 0.3) is 0 Å². The zero-order chi connectivity index (χ0) is 7.61. The second-order valence-corrected chi connectivity index (χ2v) is 3.17. The first-order valence-electron chi connectivity index (χ1n) is 3.80. The van der Waals surface area contributed by atoms with E-state index in [1.807, 2.05) is 0 Å². The van der Waals surface area contributed by atoms with Crippen molar-refractivity contribution >= 4 is 0 Å². The largest absolute Gasteiger partial charge is 0.198 e. The fourth-order valence-electron chi connectivity index (χ4n) is 1.08. The predicted octanol–water partition coefficient (Wildman–Crippen LogP) is 2.65. The van der Waals surface area contributed by atoms with Crippen LogP contribution in [-0.4, -0.2) is 0 Å². The molecule has 0 aromatic carbocycles. The molecule has 0 aromatic heterocycles. The van der Waals surface area contributed by atoms with E-state index < -0.39 is 0 Å². The SMILES string of the molecule is C=C(CC)CC1(C#N)CC1. The van der Waals surface area contributed by atoms with Crippen LogP contribution < -0.4 is 0 Å². The summed E-state index contributed by atoms with van der Waals surface area (Å²) in [6.07, 6.45) is 4.12. The van der Waals surface area contributed by atoms with Crippen LogP contribution in [0, 0.1) is 16.7 Å². The summed E-state index contributed by atoms with van der Waals surface area (Å²) in [6, 6.07) is 2.36. The van der Waals surface area contributed by atoms with Crippen LogP contribution in [0.3, 0.4) is 0 Å². The molecule has 1 fully saturated rings. The van der Waals surface area contributed by atoms with Gasteiger partial charge in [-0.05, 0) is 25.7 Å². The molecular formula is C9H13N. The molecule has 0 unspecified atom stereocenters. The van der Waals surface area contributed by atoms with Crippen LogP contribution in [0.2, 0.25) is 0 Å². The molecule has 0 amide bonds. The number of rotatable bonds is 3. The maximum atomic E-state index is 8.71. The van der Waals surface area contributed by atoms with Crippen molar-refractivity contribution in [2.45, 2.75) is 32.6 Å². The fourth-order valence-corrected chi connectivity index (χ4v) is 1.08. The van der Waals surface area contributed by atoms with E-state index in [-0.39, 0.29) is 5.41 Å². The van der Waals surface area contributed by atoms with Crippen LogP contribution in [-0.2, 0) is 0 Å². The highest BCUT2D eigenvalue weighted by Gasteiger charge is 2.42. The Morgan fingerprint density at radius 2 is 2.30 bits per heavy atom. The molecule has 0 heterocycles. The molecule has 1 heteroatoms. The first kappa shape index (κ1) is 7.34. The maximum Gasteiger partial charge on any atom is 0.0693 e. The van der Waals surface area contributed by atoms with Crippen molar-refractivity contribution in [3.8, 4) is 6.07 Å². The minimum atomic E-state index is 0.0209. The number of allylic oxidation sites excluding steroid dienone is 1. The number of hydrogen-bond acceptors (Lipinski definition) is 1. The van der Waals surface area contributed by atoms with Gasteiger partial charge in [-0.25, -0.2) is 0 Å². The standard InChI is InChI=1S/C9H13N/c1-3-8(2)6-9(7-10)4-5-9/h2-6H2,1H3. The summed E-state index contributed by atoms with van der Waals surface area (Å²) < 4.78 is 0. The van der Waals surface area contributed by atoms with E-state index in [2.05, 4.69) is 19.6 Å². The average molecular weight is 135 g/mol. The highest BCUT2D eigenvalue weighted by Crippen LogP contribution is 2.49. The Labute approximate surface area is 62.4 Å². The summed E-state index contributed by atoms with van der Waals surface area (Å²) in [5.74, 6) is 0. The summed E-state index contributed by atoms with van der Waals surface area (Å²) in [6.45, 7) is 5.99. The van der Waals surface area contributed by atoms with Gasteiger partial charge in [0.1, 0.15) is 0 Å². The molecule has 0 bridgehead atoms. The third kappa shape index (κ3) is 1.39. The lowest BCUT2D eigenvalue weighted by Crippen LogP contribution is -1.96. The molecule has 0 spiro atoms. The summed E-state index contributed by atoms with van der Waals surface area (Å²) >= 11 is 0. The molecule has 0 N–H and O–H groups in total. The lowest BCUT2D eigenvalue weighted by Gasteiger charge is -2.04. The van der Waals surface area contributed by atoms with E-state index in [9.17, 15) is 0 Å². The Morgan fingerprint density at radius 1 is 1.70 bits per heavy atom. The Hall–Kier alpha value is -0.770. The Kier molecular flexibility index (Phi) is 1.80. The highest BCUT2D eigenvalue weighted by molar-refractivity contribution is 5.16. The maximum absolute atomic E-state index is 8.71. The molecule has 1 rings (SSSR count). The predicted molar refractivity (Wildman–Crippen MR) is 41.3 cm³/mol. The lowest BCUT2D eigenvalue weighted by atomic mass is 9.98. The molecule has 1 nitrogen and oxygen atoms in total. The summed E-state index contributed by atoms with van der Waals surface area (Å²) in [5, 5.41) is 8.71. The summed E-state index contributed by atoms with van der Waals surface area (Å²) in [5.41, 5.74) is 1.24.